The van der Waals surface area contributed by atoms with E-state index < -0.39 is 6.10 Å². The molecule has 1 saturated heterocycles. The third-order valence-corrected chi connectivity index (χ3v) is 4.43. The Morgan fingerprint density at radius 1 is 0.846 bits per heavy atom. The molecule has 1 aliphatic heterocycles. The molecule has 0 bridgehead atoms. The third kappa shape index (κ3) is 3.19. The van der Waals surface area contributed by atoms with E-state index in [2.05, 4.69) is 0 Å². The van der Waals surface area contributed by atoms with Crippen molar-refractivity contribution in [3.8, 4) is 5.75 Å². The number of hydrogen-bond acceptors (Lipinski definition) is 3. The molecule has 130 valence electrons. The van der Waals surface area contributed by atoms with Crippen LogP contribution in [-0.4, -0.2) is 19.1 Å². The molecule has 1 fully saturated rings. The smallest absolute Gasteiger partial charge is 0.263 e. The summed E-state index contributed by atoms with van der Waals surface area (Å²) in [6.07, 6.45) is -0.702. The van der Waals surface area contributed by atoms with Gasteiger partial charge in [0.05, 0.1) is 7.11 Å². The highest BCUT2D eigenvalue weighted by Crippen LogP contribution is 2.42. The van der Waals surface area contributed by atoms with Crippen LogP contribution in [0.1, 0.15) is 11.7 Å². The van der Waals surface area contributed by atoms with E-state index in [0.29, 0.717) is 0 Å². The number of para-hydroxylation sites is 2. The number of carbonyl (C=O) groups excluding carboxylic acids is 1. The molecule has 2 atom stereocenters. The van der Waals surface area contributed by atoms with Gasteiger partial charge >= 0.3 is 0 Å². The zero-order chi connectivity index (χ0) is 17.9. The number of ether oxygens (including phenoxy) is 2. The summed E-state index contributed by atoms with van der Waals surface area (Å²) in [7, 11) is 1.63. The fraction of sp³-hybridized carbons (Fsp3) is 0.136. The molecular weight excluding hydrogens is 326 g/mol. The monoisotopic (exact) mass is 345 g/mol. The van der Waals surface area contributed by atoms with Crippen LogP contribution in [0.2, 0.25) is 0 Å². The van der Waals surface area contributed by atoms with Gasteiger partial charge in [0, 0.05) is 11.4 Å². The number of carbonyl (C=O) groups is 1. The Morgan fingerprint density at radius 2 is 1.38 bits per heavy atom. The van der Waals surface area contributed by atoms with E-state index in [0.717, 1.165) is 22.7 Å². The van der Waals surface area contributed by atoms with Crippen molar-refractivity contribution in [3.05, 3.63) is 90.5 Å². The Kier molecular flexibility index (Phi) is 4.42. The van der Waals surface area contributed by atoms with Crippen LogP contribution < -0.4 is 9.64 Å². The molecule has 4 rings (SSSR count). The standard InChI is InChI=1S/C22H19NO3/c1-25-19-14-12-16(13-15-19)20-21(26-20)22(24)23(17-8-4-2-5-9-17)18-10-6-3-7-11-18/h2-15,20-21H,1H3/t20-,21-/m0/s1. The lowest BCUT2D eigenvalue weighted by Gasteiger charge is -2.22. The maximum Gasteiger partial charge on any atom is 0.263 e. The Labute approximate surface area is 152 Å². The van der Waals surface area contributed by atoms with Gasteiger partial charge in [-0.1, -0.05) is 48.5 Å². The Bertz CT molecular complexity index is 839. The van der Waals surface area contributed by atoms with Crippen molar-refractivity contribution in [2.75, 3.05) is 12.0 Å². The summed E-state index contributed by atoms with van der Waals surface area (Å²) in [5.74, 6) is 0.718. The van der Waals surface area contributed by atoms with Gasteiger partial charge in [0.1, 0.15) is 11.9 Å². The fourth-order valence-electron chi connectivity index (χ4n) is 3.03. The molecule has 4 heteroatoms. The van der Waals surface area contributed by atoms with E-state index in [9.17, 15) is 4.79 Å². The highest BCUT2D eigenvalue weighted by Gasteiger charge is 2.48. The van der Waals surface area contributed by atoms with E-state index in [1.54, 1.807) is 12.0 Å². The van der Waals surface area contributed by atoms with Crippen molar-refractivity contribution in [2.24, 2.45) is 0 Å². The topological polar surface area (TPSA) is 42.1 Å². The van der Waals surface area contributed by atoms with Gasteiger partial charge < -0.3 is 9.47 Å². The fourth-order valence-corrected chi connectivity index (χ4v) is 3.03. The number of anilines is 2. The lowest BCUT2D eigenvalue weighted by atomic mass is 10.1. The SMILES string of the molecule is COc1ccc([C@@H]2O[C@@H]2C(=O)N(c2ccccc2)c2ccccc2)cc1. The first-order valence-electron chi connectivity index (χ1n) is 8.51. The Hall–Kier alpha value is -3.11. The predicted octanol–water partition coefficient (Wildman–Crippen LogP) is 4.50. The zero-order valence-corrected chi connectivity index (χ0v) is 14.4. The number of nitrogens with zero attached hydrogens (tertiary/aromatic N) is 1. The number of hydrogen-bond donors (Lipinski definition) is 0. The number of methoxy groups -OCH3 is 1. The maximum atomic E-state index is 13.2. The number of amides is 1. The van der Waals surface area contributed by atoms with Crippen LogP contribution in [0.4, 0.5) is 11.4 Å². The van der Waals surface area contributed by atoms with Crippen LogP contribution in [0, 0.1) is 0 Å². The first-order valence-corrected chi connectivity index (χ1v) is 8.51. The molecule has 1 amide bonds. The predicted molar refractivity (Wildman–Crippen MR) is 101 cm³/mol. The van der Waals surface area contributed by atoms with Gasteiger partial charge in [0.25, 0.3) is 5.91 Å². The molecule has 0 spiro atoms. The van der Waals surface area contributed by atoms with E-state index in [4.69, 9.17) is 9.47 Å². The second-order valence-corrected chi connectivity index (χ2v) is 6.10. The summed E-state index contributed by atoms with van der Waals surface area (Å²) in [4.78, 5) is 14.9. The van der Waals surface area contributed by atoms with Gasteiger partial charge in [-0.05, 0) is 42.0 Å². The summed E-state index contributed by atoms with van der Waals surface area (Å²) in [5, 5.41) is 0. The summed E-state index contributed by atoms with van der Waals surface area (Å²) < 4.78 is 10.9. The maximum absolute atomic E-state index is 13.2. The first kappa shape index (κ1) is 16.4. The minimum absolute atomic E-state index is 0.0665. The summed E-state index contributed by atoms with van der Waals surface area (Å²) in [6.45, 7) is 0. The molecule has 0 N–H and O–H groups in total. The quantitative estimate of drug-likeness (QED) is 0.639. The molecule has 26 heavy (non-hydrogen) atoms. The molecule has 0 radical (unpaired) electrons. The minimum atomic E-state index is -0.483. The third-order valence-electron chi connectivity index (χ3n) is 4.43. The van der Waals surface area contributed by atoms with E-state index >= 15 is 0 Å². The Balaban J connectivity index is 1.60. The Morgan fingerprint density at radius 3 is 1.88 bits per heavy atom. The molecule has 0 saturated carbocycles. The normalized spacial score (nSPS) is 18.2. The molecule has 1 aliphatic rings. The second-order valence-electron chi connectivity index (χ2n) is 6.10. The van der Waals surface area contributed by atoms with Crippen molar-refractivity contribution in [3.63, 3.8) is 0 Å². The summed E-state index contributed by atoms with van der Waals surface area (Å²) >= 11 is 0. The van der Waals surface area contributed by atoms with Crippen LogP contribution in [0.15, 0.2) is 84.9 Å². The molecule has 4 nitrogen and oxygen atoms in total. The van der Waals surface area contributed by atoms with Gasteiger partial charge in [-0.3, -0.25) is 9.69 Å². The van der Waals surface area contributed by atoms with Gasteiger partial charge in [0.2, 0.25) is 0 Å². The highest BCUT2D eigenvalue weighted by molar-refractivity contribution is 6.04. The first-order chi connectivity index (χ1) is 12.8. The van der Waals surface area contributed by atoms with Crippen molar-refractivity contribution >= 4 is 17.3 Å². The van der Waals surface area contributed by atoms with Crippen molar-refractivity contribution in [1.29, 1.82) is 0 Å². The van der Waals surface area contributed by atoms with Gasteiger partial charge in [-0.25, -0.2) is 0 Å². The van der Waals surface area contributed by atoms with Gasteiger partial charge in [-0.2, -0.15) is 0 Å². The van der Waals surface area contributed by atoms with Crippen molar-refractivity contribution in [2.45, 2.75) is 12.2 Å². The van der Waals surface area contributed by atoms with Crippen LogP contribution in [-0.2, 0) is 9.53 Å². The molecule has 0 aliphatic carbocycles. The van der Waals surface area contributed by atoms with E-state index in [-0.39, 0.29) is 12.0 Å². The largest absolute Gasteiger partial charge is 0.497 e. The second kappa shape index (κ2) is 7.02. The minimum Gasteiger partial charge on any atom is -0.497 e. The van der Waals surface area contributed by atoms with E-state index in [1.165, 1.54) is 0 Å². The number of epoxide rings is 1. The van der Waals surface area contributed by atoms with Crippen LogP contribution in [0.25, 0.3) is 0 Å². The lowest BCUT2D eigenvalue weighted by molar-refractivity contribution is -0.119. The van der Waals surface area contributed by atoms with Crippen LogP contribution in [0.5, 0.6) is 5.75 Å². The average molecular weight is 345 g/mol. The van der Waals surface area contributed by atoms with Gasteiger partial charge in [-0.15, -0.1) is 0 Å². The highest BCUT2D eigenvalue weighted by atomic mass is 16.6. The van der Waals surface area contributed by atoms with Crippen molar-refractivity contribution < 1.29 is 14.3 Å². The molecule has 0 unspecified atom stereocenters. The number of benzene rings is 3. The van der Waals surface area contributed by atoms with Crippen LogP contribution in [0.3, 0.4) is 0 Å². The molecule has 3 aromatic carbocycles. The molecular formula is C22H19NO3. The van der Waals surface area contributed by atoms with E-state index in [1.807, 2.05) is 84.9 Å². The van der Waals surface area contributed by atoms with Crippen molar-refractivity contribution in [1.82, 2.24) is 0 Å². The lowest BCUT2D eigenvalue weighted by Crippen LogP contribution is -2.30. The molecule has 1 heterocycles. The number of rotatable bonds is 5. The zero-order valence-electron chi connectivity index (χ0n) is 14.4. The van der Waals surface area contributed by atoms with Gasteiger partial charge in [0.15, 0.2) is 6.10 Å². The van der Waals surface area contributed by atoms with Crippen LogP contribution >= 0.6 is 0 Å². The summed E-state index contributed by atoms with van der Waals surface area (Å²) in [5.41, 5.74) is 2.63. The average Bonchev–Trinajstić information content (AvgIpc) is 3.51. The molecule has 0 aromatic heterocycles. The molecule has 3 aromatic rings. The summed E-state index contributed by atoms with van der Waals surface area (Å²) in [6, 6.07) is 26.9.